The van der Waals surface area contributed by atoms with E-state index in [4.69, 9.17) is 0 Å². The second-order valence-electron chi connectivity index (χ2n) is 5.20. The van der Waals surface area contributed by atoms with Crippen LogP contribution in [0.1, 0.15) is 18.4 Å². The van der Waals surface area contributed by atoms with E-state index in [0.29, 0.717) is 18.2 Å². The zero-order chi connectivity index (χ0) is 15.2. The maximum absolute atomic E-state index is 12.0. The smallest absolute Gasteiger partial charge is 0.270 e. The third-order valence-electron chi connectivity index (χ3n) is 3.53. The lowest BCUT2D eigenvalue weighted by Crippen LogP contribution is -2.37. The number of nitrogens with zero attached hydrogens (tertiary/aromatic N) is 2. The molecule has 1 saturated heterocycles. The van der Waals surface area contributed by atoms with Crippen LogP contribution in [0.15, 0.2) is 30.3 Å². The van der Waals surface area contributed by atoms with Crippen LogP contribution in [0, 0.1) is 10.1 Å². The summed E-state index contributed by atoms with van der Waals surface area (Å²) in [6, 6.07) is 6.58. The van der Waals surface area contributed by atoms with Crippen LogP contribution in [0.2, 0.25) is 0 Å². The Morgan fingerprint density at radius 1 is 1.57 bits per heavy atom. The molecule has 1 N–H and O–H groups in total. The molecule has 1 unspecified atom stereocenters. The third-order valence-corrected chi connectivity index (χ3v) is 3.53. The van der Waals surface area contributed by atoms with E-state index < -0.39 is 4.92 Å². The van der Waals surface area contributed by atoms with Gasteiger partial charge >= 0.3 is 0 Å². The number of amides is 1. The van der Waals surface area contributed by atoms with Gasteiger partial charge in [0.1, 0.15) is 0 Å². The van der Waals surface area contributed by atoms with Crippen molar-refractivity contribution in [3.05, 3.63) is 46.0 Å². The van der Waals surface area contributed by atoms with Gasteiger partial charge in [-0.2, -0.15) is 0 Å². The molecule has 2 rings (SSSR count). The van der Waals surface area contributed by atoms with Crippen LogP contribution in [0.3, 0.4) is 0 Å². The number of likely N-dealkylation sites (N-methyl/N-ethyl adjacent to an activating group) is 1. The largest absolute Gasteiger partial charge is 0.341 e. The first-order chi connectivity index (χ1) is 10.1. The molecular weight excluding hydrogens is 270 g/mol. The van der Waals surface area contributed by atoms with E-state index in [1.165, 1.54) is 18.2 Å². The van der Waals surface area contributed by atoms with Gasteiger partial charge in [0, 0.05) is 37.8 Å². The first-order valence-electron chi connectivity index (χ1n) is 6.97. The highest BCUT2D eigenvalue weighted by molar-refractivity contribution is 5.91. The van der Waals surface area contributed by atoms with Crippen molar-refractivity contribution >= 4 is 17.7 Å². The lowest BCUT2D eigenvalue weighted by Gasteiger charge is -2.19. The minimum absolute atomic E-state index is 0.0214. The van der Waals surface area contributed by atoms with Gasteiger partial charge in [-0.05, 0) is 31.0 Å². The van der Waals surface area contributed by atoms with Crippen molar-refractivity contribution in [2.45, 2.75) is 18.9 Å². The van der Waals surface area contributed by atoms with E-state index in [0.717, 1.165) is 19.4 Å². The number of non-ortho nitro benzene ring substituents is 1. The van der Waals surface area contributed by atoms with Gasteiger partial charge in [-0.15, -0.1) is 0 Å². The van der Waals surface area contributed by atoms with Crippen molar-refractivity contribution in [2.24, 2.45) is 0 Å². The fraction of sp³-hybridized carbons (Fsp3) is 0.400. The van der Waals surface area contributed by atoms with Gasteiger partial charge in [-0.25, -0.2) is 0 Å². The summed E-state index contributed by atoms with van der Waals surface area (Å²) in [5, 5.41) is 14.0. The van der Waals surface area contributed by atoms with Gasteiger partial charge in [0.25, 0.3) is 5.69 Å². The van der Waals surface area contributed by atoms with E-state index in [-0.39, 0.29) is 11.6 Å². The van der Waals surface area contributed by atoms with Crippen molar-refractivity contribution in [3.8, 4) is 0 Å². The molecule has 21 heavy (non-hydrogen) atoms. The predicted octanol–water partition coefficient (Wildman–Crippen LogP) is 1.82. The number of nitrogens with one attached hydrogen (secondary N) is 1. The summed E-state index contributed by atoms with van der Waals surface area (Å²) in [6.07, 6.45) is 5.30. The Hall–Kier alpha value is -2.21. The van der Waals surface area contributed by atoms with E-state index in [9.17, 15) is 14.9 Å². The summed E-state index contributed by atoms with van der Waals surface area (Å²) in [5.41, 5.74) is 0.665. The SMILES string of the molecule is CN(CC1CCCN1)C(=O)/C=C/c1cccc([N+](=O)[O-])c1. The van der Waals surface area contributed by atoms with Crippen LogP contribution in [-0.4, -0.2) is 41.9 Å². The molecule has 0 radical (unpaired) electrons. The standard InChI is InChI=1S/C15H19N3O3/c1-17(11-13-5-3-9-16-13)15(19)8-7-12-4-2-6-14(10-12)18(20)21/h2,4,6-8,10,13,16H,3,5,9,11H2,1H3/b8-7+. The summed E-state index contributed by atoms with van der Waals surface area (Å²) in [5.74, 6) is -0.102. The third kappa shape index (κ3) is 4.39. The van der Waals surface area contributed by atoms with Gasteiger partial charge in [-0.1, -0.05) is 12.1 Å². The van der Waals surface area contributed by atoms with Gasteiger partial charge in [0.2, 0.25) is 5.91 Å². The number of rotatable bonds is 5. The Balaban J connectivity index is 1.94. The van der Waals surface area contributed by atoms with Gasteiger partial charge in [0.05, 0.1) is 4.92 Å². The number of hydrogen-bond donors (Lipinski definition) is 1. The van der Waals surface area contributed by atoms with Crippen molar-refractivity contribution in [1.82, 2.24) is 10.2 Å². The van der Waals surface area contributed by atoms with Crippen LogP contribution in [0.5, 0.6) is 0 Å². The minimum atomic E-state index is -0.447. The van der Waals surface area contributed by atoms with E-state index in [2.05, 4.69) is 5.32 Å². The Kier molecular flexibility index (Phi) is 5.05. The van der Waals surface area contributed by atoms with Crippen LogP contribution in [0.4, 0.5) is 5.69 Å². The molecule has 1 aliphatic heterocycles. The highest BCUT2D eigenvalue weighted by Crippen LogP contribution is 2.14. The zero-order valence-electron chi connectivity index (χ0n) is 12.0. The van der Waals surface area contributed by atoms with Crippen molar-refractivity contribution in [2.75, 3.05) is 20.1 Å². The monoisotopic (exact) mass is 289 g/mol. The average molecular weight is 289 g/mol. The normalized spacial score (nSPS) is 18.0. The molecule has 1 atom stereocenters. The molecule has 1 aliphatic rings. The molecular formula is C15H19N3O3. The number of nitro groups is 1. The lowest BCUT2D eigenvalue weighted by molar-refractivity contribution is -0.384. The van der Waals surface area contributed by atoms with Crippen molar-refractivity contribution in [1.29, 1.82) is 0 Å². The molecule has 0 saturated carbocycles. The summed E-state index contributed by atoms with van der Waals surface area (Å²) < 4.78 is 0. The van der Waals surface area contributed by atoms with Crippen molar-refractivity contribution < 1.29 is 9.72 Å². The highest BCUT2D eigenvalue weighted by atomic mass is 16.6. The molecule has 1 fully saturated rings. The molecule has 1 amide bonds. The number of hydrogen-bond acceptors (Lipinski definition) is 4. The Morgan fingerprint density at radius 3 is 3.05 bits per heavy atom. The van der Waals surface area contributed by atoms with Crippen LogP contribution < -0.4 is 5.32 Å². The Labute approximate surface area is 123 Å². The maximum Gasteiger partial charge on any atom is 0.270 e. The molecule has 0 aromatic heterocycles. The summed E-state index contributed by atoms with van der Waals surface area (Å²) >= 11 is 0. The van der Waals surface area contributed by atoms with Crippen LogP contribution >= 0.6 is 0 Å². The molecule has 0 aliphatic carbocycles. The molecule has 1 aromatic carbocycles. The minimum Gasteiger partial charge on any atom is -0.341 e. The molecule has 0 bridgehead atoms. The predicted molar refractivity (Wildman–Crippen MR) is 80.8 cm³/mol. The molecule has 112 valence electrons. The first kappa shape index (κ1) is 15.2. The zero-order valence-corrected chi connectivity index (χ0v) is 12.0. The number of nitro benzene ring substituents is 1. The Morgan fingerprint density at radius 2 is 2.38 bits per heavy atom. The van der Waals surface area contributed by atoms with E-state index >= 15 is 0 Å². The molecule has 6 nitrogen and oxygen atoms in total. The fourth-order valence-electron chi connectivity index (χ4n) is 2.37. The number of carbonyl (C=O) groups excluding carboxylic acids is 1. The quantitative estimate of drug-likeness (QED) is 0.509. The molecule has 6 heteroatoms. The van der Waals surface area contributed by atoms with Gasteiger partial charge in [-0.3, -0.25) is 14.9 Å². The average Bonchev–Trinajstić information content (AvgIpc) is 2.97. The van der Waals surface area contributed by atoms with E-state index in [1.807, 2.05) is 0 Å². The summed E-state index contributed by atoms with van der Waals surface area (Å²) in [6.45, 7) is 1.69. The molecule has 1 heterocycles. The van der Waals surface area contributed by atoms with Crippen molar-refractivity contribution in [3.63, 3.8) is 0 Å². The number of benzene rings is 1. The number of carbonyl (C=O) groups is 1. The molecule has 1 aromatic rings. The van der Waals surface area contributed by atoms with Gasteiger partial charge in [0.15, 0.2) is 0 Å². The van der Waals surface area contributed by atoms with Crippen LogP contribution in [0.25, 0.3) is 6.08 Å². The first-order valence-corrected chi connectivity index (χ1v) is 6.97. The highest BCUT2D eigenvalue weighted by Gasteiger charge is 2.17. The Bertz CT molecular complexity index is 551. The van der Waals surface area contributed by atoms with Crippen LogP contribution in [-0.2, 0) is 4.79 Å². The topological polar surface area (TPSA) is 75.5 Å². The second kappa shape index (κ2) is 6.99. The van der Waals surface area contributed by atoms with Gasteiger partial charge < -0.3 is 10.2 Å². The summed E-state index contributed by atoms with van der Waals surface area (Å²) in [4.78, 5) is 23.9. The fourth-order valence-corrected chi connectivity index (χ4v) is 2.37. The second-order valence-corrected chi connectivity index (χ2v) is 5.20. The van der Waals surface area contributed by atoms with E-state index in [1.54, 1.807) is 30.2 Å². The molecule has 0 spiro atoms. The summed E-state index contributed by atoms with van der Waals surface area (Å²) in [7, 11) is 1.76. The lowest BCUT2D eigenvalue weighted by atomic mass is 10.2. The maximum atomic E-state index is 12.0.